The second-order valence-corrected chi connectivity index (χ2v) is 11.5. The highest BCUT2D eigenvalue weighted by Crippen LogP contribution is 2.36. The summed E-state index contributed by atoms with van der Waals surface area (Å²) in [5.41, 5.74) is 0.165. The van der Waals surface area contributed by atoms with Crippen molar-refractivity contribution in [2.75, 3.05) is 30.5 Å². The lowest BCUT2D eigenvalue weighted by Gasteiger charge is -2.15. The zero-order chi connectivity index (χ0) is 24.6. The van der Waals surface area contributed by atoms with Crippen molar-refractivity contribution in [3.05, 3.63) is 39.2 Å². The molecule has 2 N–H and O–H groups in total. The number of rotatable bonds is 8. The van der Waals surface area contributed by atoms with E-state index in [-0.39, 0.29) is 48.5 Å². The van der Waals surface area contributed by atoms with Gasteiger partial charge in [0.05, 0.1) is 24.8 Å². The number of aryl methyl sites for hydroxylation is 1. The van der Waals surface area contributed by atoms with Gasteiger partial charge in [0.15, 0.2) is 21.3 Å². The molecule has 0 bridgehead atoms. The SMILES string of the molecule is COc1cc(NC(=O)c2sccc2S(=O)(=O)Nc2onc(C)c2Cl)c(S(C)(=O)=O)cc1OC. The van der Waals surface area contributed by atoms with E-state index < -0.39 is 25.8 Å². The van der Waals surface area contributed by atoms with Crippen molar-refractivity contribution in [1.29, 1.82) is 0 Å². The van der Waals surface area contributed by atoms with Crippen molar-refractivity contribution in [3.63, 3.8) is 0 Å². The first kappa shape index (κ1) is 24.8. The second-order valence-electron chi connectivity index (χ2n) is 6.56. The topological polar surface area (TPSA) is 154 Å². The maximum Gasteiger partial charge on any atom is 0.267 e. The van der Waals surface area contributed by atoms with Gasteiger partial charge in [-0.15, -0.1) is 11.3 Å². The minimum atomic E-state index is -4.29. The third-order valence-corrected chi connectivity index (χ3v) is 8.27. The monoisotopic (exact) mass is 535 g/mol. The Morgan fingerprint density at radius 3 is 2.30 bits per heavy atom. The Morgan fingerprint density at radius 1 is 1.12 bits per heavy atom. The Balaban J connectivity index is 1.99. The van der Waals surface area contributed by atoms with Gasteiger partial charge < -0.3 is 19.3 Å². The summed E-state index contributed by atoms with van der Waals surface area (Å²) in [4.78, 5) is 12.2. The fourth-order valence-corrected chi connectivity index (χ4v) is 6.04. The third-order valence-electron chi connectivity index (χ3n) is 4.28. The van der Waals surface area contributed by atoms with Crippen molar-refractivity contribution in [2.24, 2.45) is 0 Å². The Kier molecular flexibility index (Phi) is 6.93. The van der Waals surface area contributed by atoms with Gasteiger partial charge in [0.25, 0.3) is 21.8 Å². The largest absolute Gasteiger partial charge is 0.493 e. The molecule has 0 radical (unpaired) electrons. The molecule has 178 valence electrons. The highest BCUT2D eigenvalue weighted by molar-refractivity contribution is 7.93. The van der Waals surface area contributed by atoms with E-state index in [9.17, 15) is 21.6 Å². The normalized spacial score (nSPS) is 11.8. The molecule has 11 nitrogen and oxygen atoms in total. The molecule has 0 spiro atoms. The maximum absolute atomic E-state index is 13.0. The second kappa shape index (κ2) is 9.21. The van der Waals surface area contributed by atoms with Gasteiger partial charge in [-0.2, -0.15) is 0 Å². The number of sulfonamides is 1. The van der Waals surface area contributed by atoms with E-state index >= 15 is 0 Å². The number of methoxy groups -OCH3 is 2. The fraction of sp³-hybridized carbons (Fsp3) is 0.222. The molecule has 15 heteroatoms. The number of carbonyl (C=O) groups is 1. The number of aromatic nitrogens is 1. The number of halogens is 1. The Bertz CT molecular complexity index is 1430. The summed E-state index contributed by atoms with van der Waals surface area (Å²) in [6.45, 7) is 1.52. The number of amides is 1. The first-order chi connectivity index (χ1) is 15.4. The number of thiophene rings is 1. The van der Waals surface area contributed by atoms with E-state index in [1.54, 1.807) is 0 Å². The first-order valence-electron chi connectivity index (χ1n) is 8.88. The van der Waals surface area contributed by atoms with Crippen molar-refractivity contribution in [1.82, 2.24) is 5.16 Å². The lowest BCUT2D eigenvalue weighted by atomic mass is 10.2. The summed E-state index contributed by atoms with van der Waals surface area (Å²) in [5, 5.41) is 7.38. The van der Waals surface area contributed by atoms with E-state index in [1.165, 1.54) is 44.7 Å². The number of hydrogen-bond donors (Lipinski definition) is 2. The predicted molar refractivity (Wildman–Crippen MR) is 122 cm³/mol. The standard InChI is InChI=1S/C18H18ClN3O8S3/c1-9-15(19)18(30-21-9)22-33(26,27)13-5-6-31-16(13)17(23)20-10-7-11(28-2)12(29-3)8-14(10)32(4,24)25/h5-8,22H,1-4H3,(H,20,23). The van der Waals surface area contributed by atoms with Crippen molar-refractivity contribution >= 4 is 60.3 Å². The average molecular weight is 536 g/mol. The van der Waals surface area contributed by atoms with Crippen LogP contribution in [0.25, 0.3) is 0 Å². The Labute approximate surface area is 198 Å². The van der Waals surface area contributed by atoms with Crippen molar-refractivity contribution in [2.45, 2.75) is 16.7 Å². The zero-order valence-electron chi connectivity index (χ0n) is 17.6. The zero-order valence-corrected chi connectivity index (χ0v) is 20.8. The van der Waals surface area contributed by atoms with Crippen LogP contribution in [0.5, 0.6) is 11.5 Å². The molecule has 33 heavy (non-hydrogen) atoms. The highest BCUT2D eigenvalue weighted by atomic mass is 35.5. The molecule has 0 saturated heterocycles. The van der Waals surface area contributed by atoms with Crippen molar-refractivity contribution in [3.8, 4) is 11.5 Å². The maximum atomic E-state index is 13.0. The number of nitrogens with zero attached hydrogens (tertiary/aromatic N) is 1. The molecule has 3 aromatic rings. The van der Waals surface area contributed by atoms with Gasteiger partial charge in [-0.25, -0.2) is 21.6 Å². The van der Waals surface area contributed by atoms with Crippen LogP contribution < -0.4 is 19.5 Å². The van der Waals surface area contributed by atoms with E-state index in [0.29, 0.717) is 0 Å². The molecule has 0 fully saturated rings. The summed E-state index contributed by atoms with van der Waals surface area (Å²) in [5.74, 6) is -0.858. The van der Waals surface area contributed by atoms with Gasteiger partial charge in [0, 0.05) is 18.4 Å². The minimum Gasteiger partial charge on any atom is -0.493 e. The average Bonchev–Trinajstić information content (AvgIpc) is 3.36. The van der Waals surface area contributed by atoms with Gasteiger partial charge in [-0.05, 0) is 18.4 Å². The third kappa shape index (κ3) is 5.08. The highest BCUT2D eigenvalue weighted by Gasteiger charge is 2.28. The quantitative estimate of drug-likeness (QED) is 0.442. The number of carbonyl (C=O) groups excluding carboxylic acids is 1. The summed E-state index contributed by atoms with van der Waals surface area (Å²) in [6.07, 6.45) is 0.956. The number of hydrogen-bond acceptors (Lipinski definition) is 10. The summed E-state index contributed by atoms with van der Waals surface area (Å²) >= 11 is 6.80. The minimum absolute atomic E-state index is 0.0251. The van der Waals surface area contributed by atoms with Crippen molar-refractivity contribution < 1.29 is 35.6 Å². The molecule has 0 aliphatic rings. The van der Waals surface area contributed by atoms with Crippen LogP contribution in [-0.2, 0) is 19.9 Å². The molecule has 0 aliphatic heterocycles. The Morgan fingerprint density at radius 2 is 1.76 bits per heavy atom. The predicted octanol–water partition coefficient (Wildman–Crippen LogP) is 3.17. The summed E-state index contributed by atoms with van der Waals surface area (Å²) < 4.78 is 67.5. The van der Waals surface area contributed by atoms with Gasteiger partial charge >= 0.3 is 0 Å². The van der Waals surface area contributed by atoms with Crippen LogP contribution in [0.1, 0.15) is 15.4 Å². The first-order valence-corrected chi connectivity index (χ1v) is 13.5. The molecular formula is C18H18ClN3O8S3. The molecule has 0 unspecified atom stereocenters. The van der Waals surface area contributed by atoms with Crippen LogP contribution in [0.15, 0.2) is 37.9 Å². The van der Waals surface area contributed by atoms with Crippen LogP contribution in [0.4, 0.5) is 11.6 Å². The van der Waals surface area contributed by atoms with Gasteiger partial charge in [-0.3, -0.25) is 4.79 Å². The summed E-state index contributed by atoms with van der Waals surface area (Å²) in [7, 11) is -5.41. The number of sulfone groups is 1. The van der Waals surface area contributed by atoms with Gasteiger partial charge in [0.2, 0.25) is 0 Å². The molecular weight excluding hydrogens is 518 g/mol. The fourth-order valence-electron chi connectivity index (χ4n) is 2.72. The lowest BCUT2D eigenvalue weighted by molar-refractivity contribution is 0.102. The van der Waals surface area contributed by atoms with E-state index in [4.69, 9.17) is 25.6 Å². The number of nitrogens with one attached hydrogen (secondary N) is 2. The van der Waals surface area contributed by atoms with E-state index in [1.807, 2.05) is 0 Å². The number of ether oxygens (including phenoxy) is 2. The van der Waals surface area contributed by atoms with Gasteiger partial charge in [-0.1, -0.05) is 16.8 Å². The number of anilines is 2. The lowest BCUT2D eigenvalue weighted by Crippen LogP contribution is -2.19. The molecule has 3 rings (SSSR count). The van der Waals surface area contributed by atoms with Crippen LogP contribution in [0.3, 0.4) is 0 Å². The Hall–Kier alpha value is -2.81. The van der Waals surface area contributed by atoms with E-state index in [0.717, 1.165) is 17.6 Å². The number of benzene rings is 1. The molecule has 0 atom stereocenters. The van der Waals surface area contributed by atoms with Crippen LogP contribution in [0.2, 0.25) is 5.02 Å². The molecule has 1 amide bonds. The van der Waals surface area contributed by atoms with Crippen LogP contribution >= 0.6 is 22.9 Å². The molecule has 0 saturated carbocycles. The summed E-state index contributed by atoms with van der Waals surface area (Å²) in [6, 6.07) is 3.68. The van der Waals surface area contributed by atoms with Crippen LogP contribution in [0, 0.1) is 6.92 Å². The molecule has 2 heterocycles. The molecule has 1 aromatic carbocycles. The molecule has 2 aromatic heterocycles. The smallest absolute Gasteiger partial charge is 0.267 e. The van der Waals surface area contributed by atoms with Crippen LogP contribution in [-0.4, -0.2) is 48.4 Å². The van der Waals surface area contributed by atoms with E-state index in [2.05, 4.69) is 15.2 Å². The van der Waals surface area contributed by atoms with Gasteiger partial charge in [0.1, 0.15) is 20.5 Å². The molecule has 0 aliphatic carbocycles.